The van der Waals surface area contributed by atoms with E-state index in [1.165, 1.54) is 0 Å². The highest BCUT2D eigenvalue weighted by molar-refractivity contribution is 5.89. The second-order valence-corrected chi connectivity index (χ2v) is 6.55. The quantitative estimate of drug-likeness (QED) is 0.817. The number of hydrogen-bond donors (Lipinski definition) is 2. The number of nitrogens with one attached hydrogen (secondary N) is 2. The first-order valence-electron chi connectivity index (χ1n) is 9.12. The summed E-state index contributed by atoms with van der Waals surface area (Å²) < 4.78 is 10.4. The molecule has 1 aromatic carbocycles. The van der Waals surface area contributed by atoms with Crippen molar-refractivity contribution >= 4 is 17.5 Å². The molecule has 0 spiro atoms. The molecule has 27 heavy (non-hydrogen) atoms. The standard InChI is InChI=1S/C20H26N4O3/c1-26-17-11-16(12-18(13-17)27-2)23-20(25)22-14-15-6-9-24(10-7-15)19-5-3-4-8-21-19/h3-5,8,11-13,15H,6-7,9-10,14H2,1-2H3,(H2,22,23,25). The molecule has 144 valence electrons. The number of methoxy groups -OCH3 is 2. The average molecular weight is 370 g/mol. The van der Waals surface area contributed by atoms with Gasteiger partial charge in [0.2, 0.25) is 0 Å². The number of piperidine rings is 1. The molecular formula is C20H26N4O3. The Labute approximate surface area is 159 Å². The first kappa shape index (κ1) is 18.8. The lowest BCUT2D eigenvalue weighted by molar-refractivity contribution is 0.248. The van der Waals surface area contributed by atoms with E-state index in [9.17, 15) is 4.79 Å². The smallest absolute Gasteiger partial charge is 0.319 e. The van der Waals surface area contributed by atoms with Gasteiger partial charge >= 0.3 is 6.03 Å². The molecule has 1 aromatic heterocycles. The van der Waals surface area contributed by atoms with Crippen LogP contribution in [0.25, 0.3) is 0 Å². The van der Waals surface area contributed by atoms with Crippen molar-refractivity contribution < 1.29 is 14.3 Å². The minimum atomic E-state index is -0.225. The van der Waals surface area contributed by atoms with Crippen LogP contribution in [0.4, 0.5) is 16.3 Å². The van der Waals surface area contributed by atoms with Gasteiger partial charge in [0, 0.05) is 49.7 Å². The predicted octanol–water partition coefficient (Wildman–Crippen LogP) is 3.14. The van der Waals surface area contributed by atoms with Gasteiger partial charge in [-0.2, -0.15) is 0 Å². The van der Waals surface area contributed by atoms with Crippen molar-refractivity contribution in [3.8, 4) is 11.5 Å². The van der Waals surface area contributed by atoms with Crippen LogP contribution in [0.3, 0.4) is 0 Å². The van der Waals surface area contributed by atoms with E-state index in [1.54, 1.807) is 32.4 Å². The highest BCUT2D eigenvalue weighted by atomic mass is 16.5. The number of ether oxygens (including phenoxy) is 2. The van der Waals surface area contributed by atoms with Crippen LogP contribution in [0.2, 0.25) is 0 Å². The molecule has 0 saturated carbocycles. The number of carbonyl (C=O) groups is 1. The van der Waals surface area contributed by atoms with Crippen molar-refractivity contribution in [3.05, 3.63) is 42.6 Å². The summed E-state index contributed by atoms with van der Waals surface area (Å²) in [5, 5.41) is 5.80. The molecule has 0 atom stereocenters. The Balaban J connectivity index is 1.45. The van der Waals surface area contributed by atoms with E-state index in [2.05, 4.69) is 20.5 Å². The fraction of sp³-hybridized carbons (Fsp3) is 0.400. The van der Waals surface area contributed by atoms with Crippen molar-refractivity contribution in [2.45, 2.75) is 12.8 Å². The SMILES string of the molecule is COc1cc(NC(=O)NCC2CCN(c3ccccn3)CC2)cc(OC)c1. The number of benzene rings is 1. The molecule has 2 amide bonds. The zero-order valence-electron chi connectivity index (χ0n) is 15.8. The zero-order chi connectivity index (χ0) is 19.1. The number of hydrogen-bond acceptors (Lipinski definition) is 5. The van der Waals surface area contributed by atoms with Gasteiger partial charge in [0.15, 0.2) is 0 Å². The van der Waals surface area contributed by atoms with Crippen LogP contribution >= 0.6 is 0 Å². The molecule has 2 heterocycles. The summed E-state index contributed by atoms with van der Waals surface area (Å²) in [4.78, 5) is 18.9. The largest absolute Gasteiger partial charge is 0.497 e. The van der Waals surface area contributed by atoms with E-state index < -0.39 is 0 Å². The normalized spacial score (nSPS) is 14.5. The lowest BCUT2D eigenvalue weighted by Crippen LogP contribution is -2.40. The van der Waals surface area contributed by atoms with Crippen molar-refractivity contribution in [2.24, 2.45) is 5.92 Å². The highest BCUT2D eigenvalue weighted by Crippen LogP contribution is 2.26. The van der Waals surface area contributed by atoms with E-state index in [0.29, 0.717) is 29.6 Å². The van der Waals surface area contributed by atoms with Crippen LogP contribution in [0.5, 0.6) is 11.5 Å². The number of aromatic nitrogens is 1. The predicted molar refractivity (Wildman–Crippen MR) is 106 cm³/mol. The minimum absolute atomic E-state index is 0.225. The number of anilines is 2. The molecular weight excluding hydrogens is 344 g/mol. The van der Waals surface area contributed by atoms with E-state index in [4.69, 9.17) is 9.47 Å². The minimum Gasteiger partial charge on any atom is -0.497 e. The molecule has 0 aliphatic carbocycles. The van der Waals surface area contributed by atoms with Crippen molar-refractivity contribution in [1.82, 2.24) is 10.3 Å². The van der Waals surface area contributed by atoms with Crippen LogP contribution in [0.15, 0.2) is 42.6 Å². The molecule has 2 aromatic rings. The molecule has 0 bridgehead atoms. The van der Waals surface area contributed by atoms with Crippen molar-refractivity contribution in [2.75, 3.05) is 44.1 Å². The van der Waals surface area contributed by atoms with E-state index in [1.807, 2.05) is 24.4 Å². The first-order valence-corrected chi connectivity index (χ1v) is 9.12. The lowest BCUT2D eigenvalue weighted by atomic mass is 9.97. The molecule has 1 fully saturated rings. The van der Waals surface area contributed by atoms with Gasteiger partial charge in [-0.1, -0.05) is 6.07 Å². The third kappa shape index (κ3) is 5.26. The molecule has 1 aliphatic heterocycles. The molecule has 1 aliphatic rings. The molecule has 0 radical (unpaired) electrons. The Morgan fingerprint density at radius 2 is 1.85 bits per heavy atom. The van der Waals surface area contributed by atoms with Gasteiger partial charge in [-0.25, -0.2) is 9.78 Å². The molecule has 3 rings (SSSR count). The Morgan fingerprint density at radius 1 is 1.15 bits per heavy atom. The van der Waals surface area contributed by atoms with Gasteiger partial charge in [-0.05, 0) is 30.9 Å². The van der Waals surface area contributed by atoms with Crippen LogP contribution in [0, 0.1) is 5.92 Å². The van der Waals surface area contributed by atoms with Crippen LogP contribution in [-0.2, 0) is 0 Å². The van der Waals surface area contributed by atoms with E-state index in [0.717, 1.165) is 31.7 Å². The highest BCUT2D eigenvalue weighted by Gasteiger charge is 2.20. The average Bonchev–Trinajstić information content (AvgIpc) is 2.73. The van der Waals surface area contributed by atoms with Crippen molar-refractivity contribution in [3.63, 3.8) is 0 Å². The first-order chi connectivity index (χ1) is 13.2. The van der Waals surface area contributed by atoms with Gasteiger partial charge in [0.1, 0.15) is 17.3 Å². The third-order valence-corrected chi connectivity index (χ3v) is 4.75. The number of amides is 2. The maximum Gasteiger partial charge on any atom is 0.319 e. The molecule has 1 saturated heterocycles. The summed E-state index contributed by atoms with van der Waals surface area (Å²) in [6.45, 7) is 2.57. The molecule has 7 nitrogen and oxygen atoms in total. The lowest BCUT2D eigenvalue weighted by Gasteiger charge is -2.32. The Bertz CT molecular complexity index is 724. The molecule has 7 heteroatoms. The number of carbonyl (C=O) groups excluding carboxylic acids is 1. The van der Waals surface area contributed by atoms with E-state index in [-0.39, 0.29) is 6.03 Å². The summed E-state index contributed by atoms with van der Waals surface area (Å²) >= 11 is 0. The van der Waals surface area contributed by atoms with Gasteiger partial charge in [0.05, 0.1) is 14.2 Å². The summed E-state index contributed by atoms with van der Waals surface area (Å²) in [6.07, 6.45) is 3.88. The third-order valence-electron chi connectivity index (χ3n) is 4.75. The summed E-state index contributed by atoms with van der Waals surface area (Å²) in [6, 6.07) is 11.0. The Hall–Kier alpha value is -2.96. The zero-order valence-corrected chi connectivity index (χ0v) is 15.8. The fourth-order valence-electron chi connectivity index (χ4n) is 3.20. The van der Waals surface area contributed by atoms with Gasteiger partial charge in [-0.15, -0.1) is 0 Å². The van der Waals surface area contributed by atoms with Crippen LogP contribution in [0.1, 0.15) is 12.8 Å². The van der Waals surface area contributed by atoms with Crippen LogP contribution < -0.4 is 25.0 Å². The van der Waals surface area contributed by atoms with Gasteiger partial charge < -0.3 is 25.0 Å². The van der Waals surface area contributed by atoms with Gasteiger partial charge in [0.25, 0.3) is 0 Å². The number of urea groups is 1. The number of rotatable bonds is 6. The maximum atomic E-state index is 12.2. The fourth-order valence-corrected chi connectivity index (χ4v) is 3.20. The number of nitrogens with zero attached hydrogens (tertiary/aromatic N) is 2. The van der Waals surface area contributed by atoms with Gasteiger partial charge in [-0.3, -0.25) is 0 Å². The summed E-state index contributed by atoms with van der Waals surface area (Å²) in [7, 11) is 3.16. The summed E-state index contributed by atoms with van der Waals surface area (Å²) in [5.41, 5.74) is 0.633. The second kappa shape index (κ2) is 9.12. The Morgan fingerprint density at radius 3 is 2.44 bits per heavy atom. The Kier molecular flexibility index (Phi) is 6.35. The van der Waals surface area contributed by atoms with Crippen LogP contribution in [-0.4, -0.2) is 44.9 Å². The number of pyridine rings is 1. The maximum absolute atomic E-state index is 12.2. The summed E-state index contributed by atoms with van der Waals surface area (Å²) in [5.74, 6) is 2.75. The van der Waals surface area contributed by atoms with E-state index >= 15 is 0 Å². The topological polar surface area (TPSA) is 75.7 Å². The molecule has 0 unspecified atom stereocenters. The molecule has 2 N–H and O–H groups in total. The monoisotopic (exact) mass is 370 g/mol. The second-order valence-electron chi connectivity index (χ2n) is 6.55. The van der Waals surface area contributed by atoms with Crippen molar-refractivity contribution in [1.29, 1.82) is 0 Å².